The third kappa shape index (κ3) is 4.23. The van der Waals surface area contributed by atoms with Crippen molar-refractivity contribution >= 4 is 17.7 Å². The first-order valence-corrected chi connectivity index (χ1v) is 5.78. The molecule has 0 fully saturated rings. The van der Waals surface area contributed by atoms with Gasteiger partial charge in [0.25, 0.3) is 0 Å². The zero-order valence-corrected chi connectivity index (χ0v) is 10.2. The fraction of sp³-hybridized carbons (Fsp3) is 0.364. The summed E-state index contributed by atoms with van der Waals surface area (Å²) in [5, 5.41) is 7.94. The van der Waals surface area contributed by atoms with Gasteiger partial charge in [-0.15, -0.1) is 11.8 Å². The second kappa shape index (κ2) is 6.10. The molecule has 0 aliphatic heterocycles. The molecule has 0 radical (unpaired) electrons. The minimum atomic E-state index is -4.43. The van der Waals surface area contributed by atoms with Gasteiger partial charge in [-0.2, -0.15) is 13.2 Å². The predicted molar refractivity (Wildman–Crippen MR) is 60.6 cm³/mol. The summed E-state index contributed by atoms with van der Waals surface area (Å²) in [6, 6.07) is 4.55. The van der Waals surface area contributed by atoms with E-state index in [0.29, 0.717) is 0 Å². The fourth-order valence-electron chi connectivity index (χ4n) is 1.22. The number of carbonyl (C=O) groups is 1. The highest BCUT2D eigenvalue weighted by molar-refractivity contribution is 8.00. The first kappa shape index (κ1) is 14.8. The molecule has 0 bridgehead atoms. The van der Waals surface area contributed by atoms with Crippen LogP contribution in [0.3, 0.4) is 0 Å². The zero-order valence-electron chi connectivity index (χ0n) is 9.40. The summed E-state index contributed by atoms with van der Waals surface area (Å²) in [6.45, 7) is -0.0732. The molecule has 1 atom stereocenters. The predicted octanol–water partition coefficient (Wildman–Crippen LogP) is 2.90. The Labute approximate surface area is 106 Å². The van der Waals surface area contributed by atoms with Crippen LogP contribution in [0.4, 0.5) is 13.2 Å². The van der Waals surface area contributed by atoms with Crippen LogP contribution in [0.2, 0.25) is 0 Å². The molecule has 0 aromatic heterocycles. The van der Waals surface area contributed by atoms with Gasteiger partial charge in [0.1, 0.15) is 5.25 Å². The number of halogens is 3. The highest BCUT2D eigenvalue weighted by Crippen LogP contribution is 2.33. The fourth-order valence-corrected chi connectivity index (χ4v) is 2.20. The molecule has 0 saturated heterocycles. The summed E-state index contributed by atoms with van der Waals surface area (Å²) in [7, 11) is 1.34. The smallest absolute Gasteiger partial charge is 0.416 e. The summed E-state index contributed by atoms with van der Waals surface area (Å²) in [4.78, 5) is 11.1. The summed E-state index contributed by atoms with van der Waals surface area (Å²) >= 11 is 0.827. The number of rotatable bonds is 5. The van der Waals surface area contributed by atoms with E-state index in [9.17, 15) is 18.0 Å². The van der Waals surface area contributed by atoms with Crippen LogP contribution in [0.25, 0.3) is 0 Å². The maximum Gasteiger partial charge on any atom is 0.416 e. The van der Waals surface area contributed by atoms with E-state index in [1.54, 1.807) is 0 Å². The van der Waals surface area contributed by atoms with Crippen molar-refractivity contribution in [1.29, 1.82) is 0 Å². The third-order valence-corrected chi connectivity index (χ3v) is 3.18. The Morgan fingerprint density at radius 1 is 1.50 bits per heavy atom. The summed E-state index contributed by atoms with van der Waals surface area (Å²) in [5.74, 6) is -1.13. The minimum absolute atomic E-state index is 0.0732. The second-order valence-electron chi connectivity index (χ2n) is 3.43. The van der Waals surface area contributed by atoms with Gasteiger partial charge in [-0.3, -0.25) is 4.79 Å². The Bertz CT molecular complexity index is 420. The monoisotopic (exact) mass is 280 g/mol. The van der Waals surface area contributed by atoms with Gasteiger partial charge in [-0.05, 0) is 18.2 Å². The molecule has 0 aliphatic carbocycles. The first-order valence-electron chi connectivity index (χ1n) is 4.90. The Morgan fingerprint density at radius 2 is 2.17 bits per heavy atom. The van der Waals surface area contributed by atoms with Crippen molar-refractivity contribution in [2.75, 3.05) is 13.7 Å². The number of thioether (sulfide) groups is 1. The van der Waals surface area contributed by atoms with Crippen LogP contribution in [0.15, 0.2) is 29.2 Å². The van der Waals surface area contributed by atoms with Crippen molar-refractivity contribution in [3.8, 4) is 0 Å². The number of methoxy groups -OCH3 is 1. The molecule has 0 aliphatic rings. The van der Waals surface area contributed by atoms with E-state index in [-0.39, 0.29) is 11.5 Å². The van der Waals surface area contributed by atoms with Crippen molar-refractivity contribution in [2.24, 2.45) is 0 Å². The number of carboxylic acids is 1. The van der Waals surface area contributed by atoms with Crippen LogP contribution in [0.5, 0.6) is 0 Å². The number of hydrogen-bond acceptors (Lipinski definition) is 3. The van der Waals surface area contributed by atoms with Crippen molar-refractivity contribution < 1.29 is 27.8 Å². The van der Waals surface area contributed by atoms with Gasteiger partial charge >= 0.3 is 12.1 Å². The van der Waals surface area contributed by atoms with E-state index >= 15 is 0 Å². The van der Waals surface area contributed by atoms with Crippen LogP contribution < -0.4 is 0 Å². The molecule has 1 aromatic carbocycles. The lowest BCUT2D eigenvalue weighted by atomic mass is 10.2. The first-order chi connectivity index (χ1) is 8.34. The van der Waals surface area contributed by atoms with Gasteiger partial charge in [0, 0.05) is 12.0 Å². The highest BCUT2D eigenvalue weighted by atomic mass is 32.2. The summed E-state index contributed by atoms with van der Waals surface area (Å²) in [5.41, 5.74) is -0.797. The van der Waals surface area contributed by atoms with E-state index < -0.39 is 23.0 Å². The molecule has 0 saturated carbocycles. The van der Waals surface area contributed by atoms with Crippen LogP contribution >= 0.6 is 11.8 Å². The quantitative estimate of drug-likeness (QED) is 0.842. The zero-order chi connectivity index (χ0) is 13.8. The number of benzene rings is 1. The molecule has 1 aromatic rings. The van der Waals surface area contributed by atoms with Gasteiger partial charge in [-0.25, -0.2) is 0 Å². The summed E-state index contributed by atoms with van der Waals surface area (Å²) in [6.07, 6.45) is -4.43. The Morgan fingerprint density at radius 3 is 2.67 bits per heavy atom. The molecular formula is C11H11F3O3S. The van der Waals surface area contributed by atoms with Gasteiger partial charge in [0.15, 0.2) is 0 Å². The molecule has 0 heterocycles. The highest BCUT2D eigenvalue weighted by Gasteiger charge is 2.30. The van der Waals surface area contributed by atoms with Gasteiger partial charge < -0.3 is 9.84 Å². The Hall–Kier alpha value is -1.21. The van der Waals surface area contributed by atoms with E-state index in [1.165, 1.54) is 19.2 Å². The maximum absolute atomic E-state index is 12.5. The Kier molecular flexibility index (Phi) is 5.03. The van der Waals surface area contributed by atoms with Crippen molar-refractivity contribution in [3.63, 3.8) is 0 Å². The molecule has 1 rings (SSSR count). The Balaban J connectivity index is 2.87. The van der Waals surface area contributed by atoms with Gasteiger partial charge in [0.05, 0.1) is 12.2 Å². The lowest BCUT2D eigenvalue weighted by molar-refractivity contribution is -0.138. The van der Waals surface area contributed by atoms with E-state index in [4.69, 9.17) is 9.84 Å². The minimum Gasteiger partial charge on any atom is -0.480 e. The maximum atomic E-state index is 12.5. The van der Waals surface area contributed by atoms with Crippen molar-refractivity contribution in [1.82, 2.24) is 0 Å². The van der Waals surface area contributed by atoms with Crippen LogP contribution in [0, 0.1) is 0 Å². The number of aliphatic carboxylic acids is 1. The standard InChI is InChI=1S/C11H11F3O3S/c1-17-6-9(10(15)16)18-8-4-2-3-7(5-8)11(12,13)14/h2-5,9H,6H2,1H3,(H,15,16). The molecule has 0 amide bonds. The van der Waals surface area contributed by atoms with Crippen molar-refractivity contribution in [3.05, 3.63) is 29.8 Å². The third-order valence-electron chi connectivity index (χ3n) is 2.03. The number of alkyl halides is 3. The van der Waals surface area contributed by atoms with Crippen LogP contribution in [-0.2, 0) is 15.7 Å². The summed E-state index contributed by atoms with van der Waals surface area (Å²) < 4.78 is 42.1. The van der Waals surface area contributed by atoms with Crippen LogP contribution in [0.1, 0.15) is 5.56 Å². The van der Waals surface area contributed by atoms with Gasteiger partial charge in [-0.1, -0.05) is 6.07 Å². The lowest BCUT2D eigenvalue weighted by Crippen LogP contribution is -2.21. The molecule has 7 heteroatoms. The largest absolute Gasteiger partial charge is 0.480 e. The topological polar surface area (TPSA) is 46.5 Å². The average Bonchev–Trinajstić information content (AvgIpc) is 2.27. The molecule has 0 spiro atoms. The van der Waals surface area contributed by atoms with E-state index in [2.05, 4.69) is 0 Å². The number of ether oxygens (including phenoxy) is 1. The van der Waals surface area contributed by atoms with Gasteiger partial charge in [0.2, 0.25) is 0 Å². The molecule has 100 valence electrons. The van der Waals surface area contributed by atoms with Crippen LogP contribution in [-0.4, -0.2) is 30.0 Å². The lowest BCUT2D eigenvalue weighted by Gasteiger charge is -2.12. The molecule has 1 unspecified atom stereocenters. The second-order valence-corrected chi connectivity index (χ2v) is 4.70. The van der Waals surface area contributed by atoms with E-state index in [1.807, 2.05) is 0 Å². The molecule has 1 N–H and O–H groups in total. The number of hydrogen-bond donors (Lipinski definition) is 1. The SMILES string of the molecule is COCC(Sc1cccc(C(F)(F)F)c1)C(=O)O. The average molecular weight is 280 g/mol. The molecular weight excluding hydrogens is 269 g/mol. The molecule has 18 heavy (non-hydrogen) atoms. The number of carboxylic acid groups (broad SMARTS) is 1. The normalized spacial score (nSPS) is 13.3. The van der Waals surface area contributed by atoms with Crippen molar-refractivity contribution in [2.45, 2.75) is 16.3 Å². The van der Waals surface area contributed by atoms with E-state index in [0.717, 1.165) is 23.9 Å². The molecule has 3 nitrogen and oxygen atoms in total.